The van der Waals surface area contributed by atoms with Gasteiger partial charge in [-0.05, 0) is 30.5 Å². The molecule has 1 unspecified atom stereocenters. The lowest BCUT2D eigenvalue weighted by molar-refractivity contribution is 0.880. The molecule has 2 rings (SSSR count). The Bertz CT molecular complexity index is 582. The summed E-state index contributed by atoms with van der Waals surface area (Å²) in [7, 11) is 0. The number of nitrogens with zero attached hydrogens (tertiary/aromatic N) is 2. The van der Waals surface area contributed by atoms with Crippen molar-refractivity contribution in [3.63, 3.8) is 0 Å². The first-order valence-corrected chi connectivity index (χ1v) is 6.44. The highest BCUT2D eigenvalue weighted by molar-refractivity contribution is 5.56. The second-order valence-corrected chi connectivity index (χ2v) is 4.49. The quantitative estimate of drug-likeness (QED) is 0.901. The number of nitriles is 1. The van der Waals surface area contributed by atoms with Gasteiger partial charge in [0.05, 0.1) is 17.4 Å². The van der Waals surface area contributed by atoms with Crippen LogP contribution in [0.15, 0.2) is 42.7 Å². The van der Waals surface area contributed by atoms with Crippen LogP contribution < -0.4 is 5.32 Å². The van der Waals surface area contributed by atoms with E-state index in [1.165, 1.54) is 11.1 Å². The van der Waals surface area contributed by atoms with Crippen molar-refractivity contribution in [1.29, 1.82) is 5.26 Å². The zero-order valence-electron chi connectivity index (χ0n) is 11.2. The van der Waals surface area contributed by atoms with Gasteiger partial charge in [0, 0.05) is 12.2 Å². The van der Waals surface area contributed by atoms with Gasteiger partial charge in [-0.25, -0.2) is 0 Å². The van der Waals surface area contributed by atoms with E-state index in [0.717, 1.165) is 12.1 Å². The molecule has 0 bridgehead atoms. The fraction of sp³-hybridized carbons (Fsp3) is 0.250. The number of benzene rings is 1. The first kappa shape index (κ1) is 13.1. The van der Waals surface area contributed by atoms with Crippen molar-refractivity contribution in [3.05, 3.63) is 59.4 Å². The highest BCUT2D eigenvalue weighted by Crippen LogP contribution is 2.21. The molecule has 0 radical (unpaired) electrons. The van der Waals surface area contributed by atoms with Gasteiger partial charge in [-0.3, -0.25) is 4.98 Å². The summed E-state index contributed by atoms with van der Waals surface area (Å²) in [6.07, 6.45) is 4.36. The maximum Gasteiger partial charge on any atom is 0.101 e. The van der Waals surface area contributed by atoms with Crippen LogP contribution in [0.25, 0.3) is 0 Å². The molecule has 0 aliphatic carbocycles. The first-order valence-electron chi connectivity index (χ1n) is 6.44. The minimum atomic E-state index is 0.141. The van der Waals surface area contributed by atoms with E-state index >= 15 is 0 Å². The summed E-state index contributed by atoms with van der Waals surface area (Å²) in [5, 5.41) is 12.4. The topological polar surface area (TPSA) is 48.7 Å². The van der Waals surface area contributed by atoms with E-state index in [1.807, 2.05) is 0 Å². The third-order valence-corrected chi connectivity index (χ3v) is 3.20. The van der Waals surface area contributed by atoms with E-state index in [0.29, 0.717) is 5.56 Å². The lowest BCUT2D eigenvalue weighted by Crippen LogP contribution is -2.08. The number of anilines is 1. The second kappa shape index (κ2) is 6.01. The molecule has 0 spiro atoms. The summed E-state index contributed by atoms with van der Waals surface area (Å²) in [5.74, 6) is 0. The molecule has 3 heteroatoms. The molecule has 0 saturated heterocycles. The fourth-order valence-corrected chi connectivity index (χ4v) is 1.97. The molecule has 0 fully saturated rings. The Hall–Kier alpha value is -2.34. The van der Waals surface area contributed by atoms with Crippen molar-refractivity contribution in [1.82, 2.24) is 4.98 Å². The van der Waals surface area contributed by atoms with Crippen LogP contribution in [-0.4, -0.2) is 4.98 Å². The minimum Gasteiger partial charge on any atom is -0.376 e. The molecule has 0 amide bonds. The number of rotatable bonds is 4. The monoisotopic (exact) mass is 251 g/mol. The molecule has 0 aliphatic rings. The van der Waals surface area contributed by atoms with Crippen LogP contribution in [0.5, 0.6) is 0 Å². The number of pyridine rings is 1. The van der Waals surface area contributed by atoms with Crippen molar-refractivity contribution < 1.29 is 0 Å². The van der Waals surface area contributed by atoms with Gasteiger partial charge in [0.25, 0.3) is 0 Å². The van der Waals surface area contributed by atoms with Crippen molar-refractivity contribution >= 4 is 5.69 Å². The van der Waals surface area contributed by atoms with E-state index in [9.17, 15) is 0 Å². The molecule has 1 N–H and O–H groups in total. The highest BCUT2D eigenvalue weighted by Gasteiger charge is 2.08. The van der Waals surface area contributed by atoms with Gasteiger partial charge in [0.1, 0.15) is 6.07 Å². The molecule has 0 saturated carbocycles. The largest absolute Gasteiger partial charge is 0.376 e. The minimum absolute atomic E-state index is 0.141. The van der Waals surface area contributed by atoms with Crippen LogP contribution in [0, 0.1) is 11.3 Å². The molecule has 2 aromatic rings. The predicted octanol–water partition coefficient (Wildman–Crippen LogP) is 3.69. The van der Waals surface area contributed by atoms with E-state index in [4.69, 9.17) is 5.26 Å². The third kappa shape index (κ3) is 3.11. The Morgan fingerprint density at radius 3 is 2.63 bits per heavy atom. The predicted molar refractivity (Wildman–Crippen MR) is 76.8 cm³/mol. The zero-order chi connectivity index (χ0) is 13.7. The van der Waals surface area contributed by atoms with Gasteiger partial charge in [0.2, 0.25) is 0 Å². The molecule has 1 aromatic carbocycles. The summed E-state index contributed by atoms with van der Waals surface area (Å²) >= 11 is 0. The Morgan fingerprint density at radius 2 is 2.00 bits per heavy atom. The number of nitrogens with one attached hydrogen (secondary N) is 1. The van der Waals surface area contributed by atoms with E-state index in [2.05, 4.69) is 54.5 Å². The zero-order valence-corrected chi connectivity index (χ0v) is 11.2. The molecule has 19 heavy (non-hydrogen) atoms. The van der Waals surface area contributed by atoms with Crippen molar-refractivity contribution in [2.45, 2.75) is 26.3 Å². The van der Waals surface area contributed by atoms with Crippen molar-refractivity contribution in [2.75, 3.05) is 5.32 Å². The standard InChI is InChI=1S/C16H17N3/c1-3-13-4-6-14(7-5-13)12(2)19-16-11-18-9-8-15(16)10-17/h4-9,11-12,19H,3H2,1-2H3. The van der Waals surface area contributed by atoms with Gasteiger partial charge < -0.3 is 5.32 Å². The van der Waals surface area contributed by atoms with Crippen LogP contribution >= 0.6 is 0 Å². The number of hydrogen-bond donors (Lipinski definition) is 1. The lowest BCUT2D eigenvalue weighted by Gasteiger charge is -2.16. The molecule has 0 aliphatic heterocycles. The Morgan fingerprint density at radius 1 is 1.26 bits per heavy atom. The van der Waals surface area contributed by atoms with Gasteiger partial charge >= 0.3 is 0 Å². The SMILES string of the molecule is CCc1ccc(C(C)Nc2cnccc2C#N)cc1. The van der Waals surface area contributed by atoms with E-state index < -0.39 is 0 Å². The van der Waals surface area contributed by atoms with E-state index in [-0.39, 0.29) is 6.04 Å². The first-order chi connectivity index (χ1) is 9.24. The van der Waals surface area contributed by atoms with E-state index in [1.54, 1.807) is 18.5 Å². The summed E-state index contributed by atoms with van der Waals surface area (Å²) in [4.78, 5) is 4.05. The Labute approximate surface area is 113 Å². The van der Waals surface area contributed by atoms with Crippen LogP contribution in [-0.2, 0) is 6.42 Å². The summed E-state index contributed by atoms with van der Waals surface area (Å²) in [6.45, 7) is 4.22. The summed E-state index contributed by atoms with van der Waals surface area (Å²) < 4.78 is 0. The molecular formula is C16H17N3. The average molecular weight is 251 g/mol. The molecule has 1 atom stereocenters. The smallest absolute Gasteiger partial charge is 0.101 e. The van der Waals surface area contributed by atoms with Gasteiger partial charge in [-0.1, -0.05) is 31.2 Å². The van der Waals surface area contributed by atoms with Crippen LogP contribution in [0.3, 0.4) is 0 Å². The maximum absolute atomic E-state index is 9.05. The average Bonchev–Trinajstić information content (AvgIpc) is 2.48. The van der Waals surface area contributed by atoms with Gasteiger partial charge in [0.15, 0.2) is 0 Å². The normalized spacial score (nSPS) is 11.6. The number of hydrogen-bond acceptors (Lipinski definition) is 3. The third-order valence-electron chi connectivity index (χ3n) is 3.20. The van der Waals surface area contributed by atoms with Gasteiger partial charge in [-0.2, -0.15) is 5.26 Å². The number of aromatic nitrogens is 1. The number of aryl methyl sites for hydroxylation is 1. The van der Waals surface area contributed by atoms with Crippen molar-refractivity contribution in [3.8, 4) is 6.07 Å². The summed E-state index contributed by atoms with van der Waals surface area (Å²) in [6, 6.07) is 12.6. The Balaban J connectivity index is 2.16. The molecule has 1 heterocycles. The highest BCUT2D eigenvalue weighted by atomic mass is 14.9. The molecule has 3 nitrogen and oxygen atoms in total. The lowest BCUT2D eigenvalue weighted by atomic mass is 10.0. The van der Waals surface area contributed by atoms with Crippen LogP contribution in [0.1, 0.15) is 36.6 Å². The molecular weight excluding hydrogens is 234 g/mol. The fourth-order valence-electron chi connectivity index (χ4n) is 1.97. The molecule has 96 valence electrons. The van der Waals surface area contributed by atoms with Crippen LogP contribution in [0.4, 0.5) is 5.69 Å². The van der Waals surface area contributed by atoms with Gasteiger partial charge in [-0.15, -0.1) is 0 Å². The summed E-state index contributed by atoms with van der Waals surface area (Å²) in [5.41, 5.74) is 3.92. The Kier molecular flexibility index (Phi) is 4.15. The maximum atomic E-state index is 9.05. The second-order valence-electron chi connectivity index (χ2n) is 4.49. The molecule has 1 aromatic heterocycles. The van der Waals surface area contributed by atoms with Crippen molar-refractivity contribution in [2.24, 2.45) is 0 Å². The van der Waals surface area contributed by atoms with Crippen LogP contribution in [0.2, 0.25) is 0 Å².